The fraction of sp³-hybridized carbons (Fsp3) is 0.286. The highest BCUT2D eigenvalue weighted by Gasteiger charge is 2.29. The summed E-state index contributed by atoms with van der Waals surface area (Å²) >= 11 is 0. The van der Waals surface area contributed by atoms with Crippen molar-refractivity contribution in [2.24, 2.45) is 23.3 Å². The fourth-order valence-electron chi connectivity index (χ4n) is 7.86. The van der Waals surface area contributed by atoms with Crippen molar-refractivity contribution in [1.29, 1.82) is 0 Å². The summed E-state index contributed by atoms with van der Waals surface area (Å²) < 4.78 is 11.1. The molecular weight excluding hydrogens is 732 g/mol. The number of carbonyl (C=O) groups excluding carboxylic acids is 2. The van der Waals surface area contributed by atoms with Gasteiger partial charge in [-0.3, -0.25) is 39.6 Å². The van der Waals surface area contributed by atoms with Crippen molar-refractivity contribution in [2.45, 2.75) is 38.8 Å². The third-order valence-electron chi connectivity index (χ3n) is 10.6. The SMILES string of the molecule is NC(=O)C1CCCN(Cc2ccc3oc([N+](=O)[O-])c(-c4ccccc4)c3c2)C1.NC(=O)C1CCCN(Cc2ccc3oc([N+](=O)[O-])c(-c4ccccc4)c3c2)C1.O. The molecule has 15 heteroatoms. The van der Waals surface area contributed by atoms with Gasteiger partial charge in [0.1, 0.15) is 32.1 Å². The van der Waals surface area contributed by atoms with Gasteiger partial charge in [-0.1, -0.05) is 72.8 Å². The Morgan fingerprint density at radius 3 is 1.37 bits per heavy atom. The van der Waals surface area contributed by atoms with Gasteiger partial charge in [-0.25, -0.2) is 0 Å². The molecule has 2 saturated heterocycles. The number of nitrogens with zero attached hydrogens (tertiary/aromatic N) is 4. The van der Waals surface area contributed by atoms with Crippen LogP contribution in [0.5, 0.6) is 0 Å². The van der Waals surface area contributed by atoms with E-state index in [0.29, 0.717) is 48.5 Å². The molecule has 2 aliphatic rings. The standard InChI is InChI=1S/2C21H21N3O4.H2O/c2*22-20(25)16-7-4-10-23(13-16)12-14-8-9-18-17(11-14)19(21(28-18)24(26)27)15-5-2-1-3-6-15;/h2*1-3,5-6,8-9,11,16H,4,7,10,12-13H2,(H2,22,25);1H2. The first kappa shape index (κ1) is 40.2. The first-order chi connectivity index (χ1) is 27.0. The Morgan fingerprint density at radius 1 is 0.632 bits per heavy atom. The molecule has 0 saturated carbocycles. The lowest BCUT2D eigenvalue weighted by Crippen LogP contribution is -2.40. The number of fused-ring (bicyclic) bond motifs is 2. The Kier molecular flexibility index (Phi) is 12.4. The number of furan rings is 2. The largest absolute Gasteiger partial charge is 0.442 e. The van der Waals surface area contributed by atoms with Gasteiger partial charge in [0, 0.05) is 37.0 Å². The maximum Gasteiger partial charge on any atom is 0.442 e. The lowest BCUT2D eigenvalue weighted by atomic mass is 9.96. The summed E-state index contributed by atoms with van der Waals surface area (Å²) in [7, 11) is 0. The van der Waals surface area contributed by atoms with Gasteiger partial charge in [0.2, 0.25) is 11.8 Å². The van der Waals surface area contributed by atoms with Crippen LogP contribution in [-0.4, -0.2) is 63.1 Å². The second-order valence-corrected chi connectivity index (χ2v) is 14.4. The molecule has 0 aliphatic carbocycles. The molecule has 0 spiro atoms. The Morgan fingerprint density at radius 2 is 1.02 bits per heavy atom. The fourth-order valence-corrected chi connectivity index (χ4v) is 7.86. The third kappa shape index (κ3) is 9.02. The van der Waals surface area contributed by atoms with Crippen LogP contribution in [0.15, 0.2) is 106 Å². The number of rotatable bonds is 10. The summed E-state index contributed by atoms with van der Waals surface area (Å²) in [6.45, 7) is 4.41. The van der Waals surface area contributed by atoms with Crippen LogP contribution in [0.4, 0.5) is 11.8 Å². The molecule has 6 aromatic rings. The number of carbonyl (C=O) groups is 2. The Balaban J connectivity index is 0.000000189. The first-order valence-electron chi connectivity index (χ1n) is 18.6. The minimum Gasteiger partial charge on any atom is -0.412 e. The van der Waals surface area contributed by atoms with Crippen molar-refractivity contribution in [3.8, 4) is 22.3 Å². The number of nitrogens with two attached hydrogens (primary N) is 2. The second kappa shape index (κ2) is 17.6. The van der Waals surface area contributed by atoms with E-state index in [0.717, 1.165) is 71.8 Å². The minimum absolute atomic E-state index is 0. The predicted molar refractivity (Wildman–Crippen MR) is 215 cm³/mol. The topological polar surface area (TPSA) is 237 Å². The lowest BCUT2D eigenvalue weighted by Gasteiger charge is -2.31. The Labute approximate surface area is 327 Å². The summed E-state index contributed by atoms with van der Waals surface area (Å²) in [6, 6.07) is 29.8. The zero-order valence-corrected chi connectivity index (χ0v) is 31.2. The summed E-state index contributed by atoms with van der Waals surface area (Å²) in [5, 5.41) is 24.5. The number of primary amides is 2. The van der Waals surface area contributed by atoms with E-state index in [1.165, 1.54) is 0 Å². The highest BCUT2D eigenvalue weighted by atomic mass is 16.7. The Hall–Kier alpha value is -6.42. The molecule has 296 valence electrons. The molecule has 0 bridgehead atoms. The van der Waals surface area contributed by atoms with Crippen LogP contribution in [0.3, 0.4) is 0 Å². The number of piperidine rings is 2. The summed E-state index contributed by atoms with van der Waals surface area (Å²) in [4.78, 5) is 49.5. The van der Waals surface area contributed by atoms with Crippen LogP contribution in [0.1, 0.15) is 36.8 Å². The molecule has 0 radical (unpaired) electrons. The summed E-state index contributed by atoms with van der Waals surface area (Å²) in [5.74, 6) is -1.23. The Bertz CT molecular complexity index is 2230. The van der Waals surface area contributed by atoms with Gasteiger partial charge in [-0.2, -0.15) is 0 Å². The van der Waals surface area contributed by atoms with Crippen molar-refractivity contribution in [3.63, 3.8) is 0 Å². The highest BCUT2D eigenvalue weighted by molar-refractivity contribution is 6.00. The molecule has 2 fully saturated rings. The smallest absolute Gasteiger partial charge is 0.412 e. The molecule has 2 atom stereocenters. The predicted octanol–water partition coefficient (Wildman–Crippen LogP) is 6.59. The molecule has 2 aromatic heterocycles. The van der Waals surface area contributed by atoms with E-state index in [2.05, 4.69) is 9.80 Å². The summed E-state index contributed by atoms with van der Waals surface area (Å²) in [6.07, 6.45) is 3.53. The molecule has 2 amide bonds. The van der Waals surface area contributed by atoms with E-state index >= 15 is 0 Å². The van der Waals surface area contributed by atoms with Gasteiger partial charge in [-0.15, -0.1) is 0 Å². The number of benzene rings is 4. The van der Waals surface area contributed by atoms with Crippen molar-refractivity contribution in [3.05, 3.63) is 128 Å². The molecule has 57 heavy (non-hydrogen) atoms. The lowest BCUT2D eigenvalue weighted by molar-refractivity contribution is -0.400. The van der Waals surface area contributed by atoms with Gasteiger partial charge in [0.05, 0.1) is 11.8 Å². The quantitative estimate of drug-likeness (QED) is 0.112. The number of likely N-dealkylation sites (tertiary alicyclic amines) is 2. The average molecular weight is 777 g/mol. The van der Waals surface area contributed by atoms with E-state index < -0.39 is 9.85 Å². The highest BCUT2D eigenvalue weighted by Crippen LogP contribution is 2.41. The summed E-state index contributed by atoms with van der Waals surface area (Å²) in [5.41, 5.74) is 16.4. The maximum atomic E-state index is 11.5. The van der Waals surface area contributed by atoms with Gasteiger partial charge in [0.15, 0.2) is 0 Å². The average Bonchev–Trinajstić information content (AvgIpc) is 3.78. The van der Waals surface area contributed by atoms with Gasteiger partial charge < -0.3 is 25.8 Å². The van der Waals surface area contributed by atoms with Crippen molar-refractivity contribution >= 4 is 45.5 Å². The first-order valence-corrected chi connectivity index (χ1v) is 18.6. The van der Waals surface area contributed by atoms with E-state index in [4.69, 9.17) is 20.3 Å². The number of hydrogen-bond donors (Lipinski definition) is 2. The van der Waals surface area contributed by atoms with E-state index in [1.54, 1.807) is 12.1 Å². The van der Waals surface area contributed by atoms with Gasteiger partial charge in [-0.05, 0) is 85.3 Å². The van der Waals surface area contributed by atoms with E-state index in [-0.39, 0.29) is 40.9 Å². The third-order valence-corrected chi connectivity index (χ3v) is 10.6. The molecule has 8 rings (SSSR count). The normalized spacial score (nSPS) is 17.3. The van der Waals surface area contributed by atoms with E-state index in [9.17, 15) is 29.8 Å². The molecule has 4 heterocycles. The molecule has 2 unspecified atom stereocenters. The zero-order valence-electron chi connectivity index (χ0n) is 31.2. The van der Waals surface area contributed by atoms with Gasteiger partial charge >= 0.3 is 11.8 Å². The van der Waals surface area contributed by atoms with Crippen LogP contribution < -0.4 is 11.5 Å². The van der Waals surface area contributed by atoms with Crippen LogP contribution in [0.2, 0.25) is 0 Å². The minimum atomic E-state index is -0.482. The monoisotopic (exact) mass is 776 g/mol. The van der Waals surface area contributed by atoms with E-state index in [1.807, 2.05) is 84.9 Å². The number of hydrogen-bond acceptors (Lipinski definition) is 10. The number of nitro groups is 2. The van der Waals surface area contributed by atoms with Crippen molar-refractivity contribution in [1.82, 2.24) is 9.80 Å². The van der Waals surface area contributed by atoms with Crippen LogP contribution in [-0.2, 0) is 22.7 Å². The maximum absolute atomic E-state index is 11.5. The van der Waals surface area contributed by atoms with Gasteiger partial charge in [0.25, 0.3) is 0 Å². The van der Waals surface area contributed by atoms with Crippen molar-refractivity contribution in [2.75, 3.05) is 26.2 Å². The molecular formula is C42H44N6O9. The molecule has 15 nitrogen and oxygen atoms in total. The zero-order chi connectivity index (χ0) is 39.3. The van der Waals surface area contributed by atoms with Crippen LogP contribution in [0.25, 0.3) is 44.2 Å². The second-order valence-electron chi connectivity index (χ2n) is 14.4. The van der Waals surface area contributed by atoms with Crippen LogP contribution in [0, 0.1) is 32.1 Å². The molecule has 2 aliphatic heterocycles. The molecule has 6 N–H and O–H groups in total. The van der Waals surface area contributed by atoms with Crippen LogP contribution >= 0.6 is 0 Å². The van der Waals surface area contributed by atoms with Crippen molar-refractivity contribution < 1.29 is 33.7 Å². The number of amides is 2. The molecule has 4 aromatic carbocycles.